The minimum atomic E-state index is -3.68. The van der Waals surface area contributed by atoms with Crippen LogP contribution in [-0.4, -0.2) is 36.7 Å². The Morgan fingerprint density at radius 3 is 2.57 bits per heavy atom. The van der Waals surface area contributed by atoms with Crippen LogP contribution in [0.25, 0.3) is 10.2 Å². The molecule has 1 fully saturated rings. The number of hydrogen-bond acceptors (Lipinski definition) is 5. The van der Waals surface area contributed by atoms with Crippen molar-refractivity contribution in [1.82, 2.24) is 9.29 Å². The number of benzene rings is 2. The lowest BCUT2D eigenvalue weighted by Crippen LogP contribution is -2.41. The highest BCUT2D eigenvalue weighted by Crippen LogP contribution is 2.26. The quantitative estimate of drug-likeness (QED) is 0.702. The van der Waals surface area contributed by atoms with E-state index in [2.05, 4.69) is 10.3 Å². The molecule has 6 nitrogen and oxygen atoms in total. The first kappa shape index (κ1) is 19.0. The Kier molecular flexibility index (Phi) is 5.13. The van der Waals surface area contributed by atoms with Gasteiger partial charge < -0.3 is 5.32 Å². The number of thiazole rings is 1. The summed E-state index contributed by atoms with van der Waals surface area (Å²) >= 11 is 1.51. The van der Waals surface area contributed by atoms with Crippen molar-refractivity contribution in [2.45, 2.75) is 17.7 Å². The van der Waals surface area contributed by atoms with Crippen molar-refractivity contribution in [2.24, 2.45) is 5.92 Å². The third kappa shape index (κ3) is 3.78. The molecule has 0 aliphatic carbocycles. The number of nitrogens with one attached hydrogen (secondary N) is 1. The molecule has 4 rings (SSSR count). The van der Waals surface area contributed by atoms with Gasteiger partial charge in [0, 0.05) is 24.7 Å². The molecule has 0 unspecified atom stereocenters. The van der Waals surface area contributed by atoms with E-state index in [1.165, 1.54) is 27.8 Å². The fourth-order valence-electron chi connectivity index (χ4n) is 3.29. The van der Waals surface area contributed by atoms with Crippen LogP contribution in [0.3, 0.4) is 0 Å². The Bertz CT molecular complexity index is 1100. The first-order valence-corrected chi connectivity index (χ1v) is 11.2. The largest absolute Gasteiger partial charge is 0.326 e. The molecule has 1 N–H and O–H groups in total. The van der Waals surface area contributed by atoms with E-state index in [1.54, 1.807) is 5.51 Å². The van der Waals surface area contributed by atoms with E-state index < -0.39 is 15.8 Å². The second-order valence-electron chi connectivity index (χ2n) is 6.66. The van der Waals surface area contributed by atoms with E-state index in [1.807, 2.05) is 18.2 Å². The molecule has 146 valence electrons. The normalized spacial score (nSPS) is 16.3. The van der Waals surface area contributed by atoms with Crippen LogP contribution in [0.5, 0.6) is 0 Å². The topological polar surface area (TPSA) is 79.4 Å². The first-order valence-electron chi connectivity index (χ1n) is 8.83. The first-order chi connectivity index (χ1) is 13.4. The number of nitrogens with zero attached hydrogens (tertiary/aromatic N) is 2. The Morgan fingerprint density at radius 2 is 1.86 bits per heavy atom. The number of aromatic nitrogens is 1. The highest BCUT2D eigenvalue weighted by molar-refractivity contribution is 7.89. The van der Waals surface area contributed by atoms with Crippen molar-refractivity contribution in [2.75, 3.05) is 18.4 Å². The molecule has 0 atom stereocenters. The van der Waals surface area contributed by atoms with Gasteiger partial charge in [-0.05, 0) is 55.3 Å². The van der Waals surface area contributed by atoms with Gasteiger partial charge >= 0.3 is 0 Å². The van der Waals surface area contributed by atoms with Gasteiger partial charge in [-0.3, -0.25) is 4.79 Å². The summed E-state index contributed by atoms with van der Waals surface area (Å²) < 4.78 is 40.7. The second kappa shape index (κ2) is 7.57. The second-order valence-corrected chi connectivity index (χ2v) is 9.48. The van der Waals surface area contributed by atoms with Crippen LogP contribution < -0.4 is 5.32 Å². The number of fused-ring (bicyclic) bond motifs is 1. The molecule has 2 heterocycles. The summed E-state index contributed by atoms with van der Waals surface area (Å²) in [5.74, 6) is -0.842. The number of sulfonamides is 1. The lowest BCUT2D eigenvalue weighted by Gasteiger charge is -2.30. The zero-order chi connectivity index (χ0) is 19.7. The van der Waals surface area contributed by atoms with Gasteiger partial charge in [0.2, 0.25) is 15.9 Å². The Balaban J connectivity index is 1.39. The van der Waals surface area contributed by atoms with Crippen LogP contribution in [0.15, 0.2) is 52.9 Å². The molecular formula is C19H18FN3O3S2. The summed E-state index contributed by atoms with van der Waals surface area (Å²) in [4.78, 5) is 16.8. The van der Waals surface area contributed by atoms with Crippen molar-refractivity contribution in [3.63, 3.8) is 0 Å². The van der Waals surface area contributed by atoms with Crippen LogP contribution in [-0.2, 0) is 14.8 Å². The molecule has 2 aromatic carbocycles. The SMILES string of the molecule is O=C(Nc1ccc2ncsc2c1)C1CCN(S(=O)(=O)c2ccc(F)cc2)CC1. The predicted molar refractivity (Wildman–Crippen MR) is 106 cm³/mol. The summed E-state index contributed by atoms with van der Waals surface area (Å²) in [6, 6.07) is 10.4. The highest BCUT2D eigenvalue weighted by Gasteiger charge is 2.32. The van der Waals surface area contributed by atoms with E-state index in [-0.39, 0.29) is 29.8 Å². The van der Waals surface area contributed by atoms with Gasteiger partial charge in [-0.25, -0.2) is 17.8 Å². The van der Waals surface area contributed by atoms with Gasteiger partial charge in [-0.2, -0.15) is 4.31 Å². The molecule has 0 bridgehead atoms. The summed E-state index contributed by atoms with van der Waals surface area (Å²) in [5, 5.41) is 2.92. The van der Waals surface area contributed by atoms with Crippen molar-refractivity contribution in [3.05, 3.63) is 53.8 Å². The highest BCUT2D eigenvalue weighted by atomic mass is 32.2. The number of rotatable bonds is 4. The monoisotopic (exact) mass is 419 g/mol. The van der Waals surface area contributed by atoms with Crippen molar-refractivity contribution >= 4 is 43.2 Å². The minimum Gasteiger partial charge on any atom is -0.326 e. The smallest absolute Gasteiger partial charge is 0.243 e. The fraction of sp³-hybridized carbons (Fsp3) is 0.263. The zero-order valence-electron chi connectivity index (χ0n) is 14.8. The van der Waals surface area contributed by atoms with Crippen LogP contribution in [0.4, 0.5) is 10.1 Å². The maximum Gasteiger partial charge on any atom is 0.243 e. The molecule has 3 aromatic rings. The van der Waals surface area contributed by atoms with Crippen LogP contribution in [0, 0.1) is 11.7 Å². The summed E-state index contributed by atoms with van der Waals surface area (Å²) in [5.41, 5.74) is 3.36. The summed E-state index contributed by atoms with van der Waals surface area (Å²) in [6.07, 6.45) is 0.879. The lowest BCUT2D eigenvalue weighted by atomic mass is 9.97. The maximum absolute atomic E-state index is 13.0. The van der Waals surface area contributed by atoms with Crippen molar-refractivity contribution < 1.29 is 17.6 Å². The number of anilines is 1. The Morgan fingerprint density at radius 1 is 1.14 bits per heavy atom. The predicted octanol–water partition coefficient (Wildman–Crippen LogP) is 3.47. The minimum absolute atomic E-state index is 0.0645. The van der Waals surface area contributed by atoms with Crippen LogP contribution in [0.2, 0.25) is 0 Å². The number of piperidine rings is 1. The number of halogens is 1. The van der Waals surface area contributed by atoms with E-state index in [0.29, 0.717) is 18.5 Å². The molecule has 0 radical (unpaired) electrons. The van der Waals surface area contributed by atoms with Crippen LogP contribution >= 0.6 is 11.3 Å². The lowest BCUT2D eigenvalue weighted by molar-refractivity contribution is -0.120. The standard InChI is InChI=1S/C19H18FN3O3S2/c20-14-1-4-16(5-2-14)28(25,26)23-9-7-13(8-10-23)19(24)22-15-3-6-17-18(11-15)27-12-21-17/h1-6,11-13H,7-10H2,(H,22,24). The third-order valence-corrected chi connectivity index (χ3v) is 7.58. The molecule has 1 saturated heterocycles. The number of carbonyl (C=O) groups is 1. The maximum atomic E-state index is 13.0. The van der Waals surface area contributed by atoms with Crippen LogP contribution in [0.1, 0.15) is 12.8 Å². The van der Waals surface area contributed by atoms with E-state index in [4.69, 9.17) is 0 Å². The molecule has 0 saturated carbocycles. The van der Waals surface area contributed by atoms with E-state index >= 15 is 0 Å². The van der Waals surface area contributed by atoms with Gasteiger partial charge in [0.05, 0.1) is 20.6 Å². The van der Waals surface area contributed by atoms with Gasteiger partial charge in [0.25, 0.3) is 0 Å². The van der Waals surface area contributed by atoms with E-state index in [0.717, 1.165) is 22.3 Å². The van der Waals surface area contributed by atoms with Crippen molar-refractivity contribution in [3.8, 4) is 0 Å². The molecule has 1 aliphatic rings. The zero-order valence-corrected chi connectivity index (χ0v) is 16.5. The molecule has 0 spiro atoms. The molecule has 28 heavy (non-hydrogen) atoms. The van der Waals surface area contributed by atoms with Gasteiger partial charge in [-0.15, -0.1) is 11.3 Å². The number of hydrogen-bond donors (Lipinski definition) is 1. The molecule has 9 heteroatoms. The average molecular weight is 420 g/mol. The Hall–Kier alpha value is -2.36. The number of amides is 1. The van der Waals surface area contributed by atoms with Gasteiger partial charge in [0.1, 0.15) is 5.82 Å². The summed E-state index contributed by atoms with van der Waals surface area (Å²) in [6.45, 7) is 0.511. The fourth-order valence-corrected chi connectivity index (χ4v) is 5.48. The molecule has 1 amide bonds. The number of carbonyl (C=O) groups excluding carboxylic acids is 1. The van der Waals surface area contributed by atoms with Gasteiger partial charge in [0.15, 0.2) is 0 Å². The van der Waals surface area contributed by atoms with Crippen molar-refractivity contribution in [1.29, 1.82) is 0 Å². The molecular weight excluding hydrogens is 401 g/mol. The third-order valence-electron chi connectivity index (χ3n) is 4.87. The molecule has 1 aliphatic heterocycles. The molecule has 1 aromatic heterocycles. The average Bonchev–Trinajstić information content (AvgIpc) is 3.16. The van der Waals surface area contributed by atoms with E-state index in [9.17, 15) is 17.6 Å². The van der Waals surface area contributed by atoms with Gasteiger partial charge in [-0.1, -0.05) is 0 Å². The Labute approximate surface area is 166 Å². The summed E-state index contributed by atoms with van der Waals surface area (Å²) in [7, 11) is -3.68.